The van der Waals surface area contributed by atoms with E-state index in [1.807, 2.05) is 95.6 Å². The van der Waals surface area contributed by atoms with E-state index in [1.165, 1.54) is 19.1 Å². The Bertz CT molecular complexity index is 5330. The number of hydrogen-bond donors (Lipinski definition) is 4. The van der Waals surface area contributed by atoms with Crippen LogP contribution in [-0.2, 0) is 18.4 Å². The largest absolute Gasteiger partial charge is 0.497 e. The van der Waals surface area contributed by atoms with E-state index < -0.39 is 17.7 Å². The lowest BCUT2D eigenvalue weighted by Gasteiger charge is -2.28. The van der Waals surface area contributed by atoms with Crippen LogP contribution in [0, 0.1) is 0 Å². The highest BCUT2D eigenvalue weighted by atomic mass is 35.5. The van der Waals surface area contributed by atoms with Gasteiger partial charge in [-0.15, -0.1) is 0 Å². The molecule has 0 bridgehead atoms. The number of nitrogens with two attached hydrogens (primary N) is 1. The molecule has 1 aliphatic rings. The van der Waals surface area contributed by atoms with Crippen LogP contribution in [0.5, 0.6) is 28.7 Å². The first-order valence-electron chi connectivity index (χ1n) is 33.8. The van der Waals surface area contributed by atoms with Crippen LogP contribution in [0.2, 0.25) is 5.02 Å². The van der Waals surface area contributed by atoms with Gasteiger partial charge >= 0.3 is 6.18 Å². The van der Waals surface area contributed by atoms with E-state index in [4.69, 9.17) is 56.0 Å². The minimum absolute atomic E-state index is 0.0389. The van der Waals surface area contributed by atoms with Gasteiger partial charge in [0.05, 0.1) is 145 Å². The van der Waals surface area contributed by atoms with Crippen LogP contribution in [0.15, 0.2) is 189 Å². The summed E-state index contributed by atoms with van der Waals surface area (Å²) in [6.07, 6.45) is 10.7. The third-order valence-electron chi connectivity index (χ3n) is 17.7. The Morgan fingerprint density at radius 2 is 1.05 bits per heavy atom. The van der Waals surface area contributed by atoms with Crippen molar-refractivity contribution in [3.8, 4) is 62.5 Å². The number of carbonyl (C=O) groups excluding carboxylic acids is 3. The van der Waals surface area contributed by atoms with Crippen LogP contribution < -0.4 is 49.4 Å². The highest BCUT2D eigenvalue weighted by Gasteiger charge is 2.55. The average Bonchev–Trinajstić information content (AvgIpc) is 1.48. The normalized spacial score (nSPS) is 12.4. The predicted octanol–water partition coefficient (Wildman–Crippen LogP) is 12.4. The lowest BCUT2D eigenvalue weighted by molar-refractivity contribution is -0.245. The third-order valence-corrected chi connectivity index (χ3v) is 18.0. The number of benzene rings is 7. The number of methoxy groups -OCH3 is 5. The number of imide groups is 1. The lowest BCUT2D eigenvalue weighted by atomic mass is 10.1. The predicted molar refractivity (Wildman–Crippen MR) is 404 cm³/mol. The molecule has 554 valence electrons. The van der Waals surface area contributed by atoms with Crippen LogP contribution in [0.4, 0.5) is 47.3 Å². The lowest BCUT2D eigenvalue weighted by Crippen LogP contribution is -2.55. The maximum atomic E-state index is 13.1. The molecule has 0 radical (unpaired) electrons. The smallest absolute Gasteiger partial charge is 0.426 e. The van der Waals surface area contributed by atoms with Crippen molar-refractivity contribution in [2.24, 2.45) is 12.8 Å². The fraction of sp³-hybridized carbons (Fsp3) is 0.221. The van der Waals surface area contributed by atoms with Gasteiger partial charge in [-0.05, 0) is 92.7 Å². The van der Waals surface area contributed by atoms with Crippen LogP contribution in [0.1, 0.15) is 34.6 Å². The molecule has 0 fully saturated rings. The molecule has 1 atom stereocenters. The Balaban J connectivity index is 0.000000154. The summed E-state index contributed by atoms with van der Waals surface area (Å²) >= 11 is 6.47. The number of hydrogen-bond acceptors (Lipinski definition) is 22. The summed E-state index contributed by atoms with van der Waals surface area (Å²) in [7, 11) is 9.60. The zero-order valence-corrected chi connectivity index (χ0v) is 60.6. The van der Waals surface area contributed by atoms with Crippen LogP contribution in [0.3, 0.4) is 0 Å². The summed E-state index contributed by atoms with van der Waals surface area (Å²) in [5.74, 6) is 0.774. The summed E-state index contributed by atoms with van der Waals surface area (Å²) < 4.78 is 70.0. The van der Waals surface area contributed by atoms with E-state index in [0.717, 1.165) is 79.7 Å². The van der Waals surface area contributed by atoms with Crippen LogP contribution >= 0.6 is 11.6 Å². The third kappa shape index (κ3) is 16.5. The number of nitrogens with zero attached hydrogens (tertiary/aromatic N) is 15. The first-order valence-corrected chi connectivity index (χ1v) is 34.1. The van der Waals surface area contributed by atoms with E-state index in [1.54, 1.807) is 148 Å². The number of aliphatic hydroxyl groups is 1. The quantitative estimate of drug-likeness (QED) is 0.0408. The summed E-state index contributed by atoms with van der Waals surface area (Å²) in [4.78, 5) is 73.4. The number of carbonyl (C=O) groups is 3. The number of aromatic nitrogens is 12. The molecule has 1 aliphatic heterocycles. The Kier molecular flexibility index (Phi) is 22.7. The van der Waals surface area contributed by atoms with Crippen molar-refractivity contribution in [3.05, 3.63) is 205 Å². The molecule has 0 aliphatic carbocycles. The minimum Gasteiger partial charge on any atom is -0.497 e. The van der Waals surface area contributed by atoms with E-state index in [0.29, 0.717) is 99.3 Å². The Morgan fingerprint density at radius 1 is 0.565 bits per heavy atom. The summed E-state index contributed by atoms with van der Waals surface area (Å²) in [5.41, 5.74) is 16.6. The number of H-pyrrole nitrogens is 1. The number of rotatable bonds is 24. The van der Waals surface area contributed by atoms with E-state index >= 15 is 0 Å². The number of aryl methyl sites for hydroxylation is 2. The van der Waals surface area contributed by atoms with Crippen molar-refractivity contribution in [1.29, 1.82) is 0 Å². The number of alkyl halides is 3. The Labute approximate surface area is 622 Å². The molecule has 7 heterocycles. The summed E-state index contributed by atoms with van der Waals surface area (Å²) in [6, 6.07) is 40.2. The molecule has 5 N–H and O–H groups in total. The van der Waals surface area contributed by atoms with Gasteiger partial charge in [-0.2, -0.15) is 28.5 Å². The van der Waals surface area contributed by atoms with Gasteiger partial charge in [0, 0.05) is 159 Å². The first-order chi connectivity index (χ1) is 52.1. The van der Waals surface area contributed by atoms with Gasteiger partial charge in [-0.1, -0.05) is 23.7 Å². The molecule has 13 aromatic rings. The molecule has 3 amide bonds. The van der Waals surface area contributed by atoms with E-state index in [-0.39, 0.29) is 31.4 Å². The minimum atomic E-state index is -5.13. The second-order valence-electron chi connectivity index (χ2n) is 24.6. The second kappa shape index (κ2) is 32.7. The molecule has 6 aromatic heterocycles. The van der Waals surface area contributed by atoms with Gasteiger partial charge in [0.15, 0.2) is 0 Å². The highest BCUT2D eigenvalue weighted by Crippen LogP contribution is 2.40. The number of halogens is 4. The van der Waals surface area contributed by atoms with Crippen molar-refractivity contribution in [2.45, 2.75) is 32.2 Å². The number of nitrogens with one attached hydrogen (secondary N) is 2. The SMILES string of the molecule is CCn1cc(-c2cnc3ccc(N(CCN4C(=O)c5ccccc5C4=O)c4cc(OC)cc(OC)c4)cc3n2)cn1.COc1cc(OC)cc(N(CCNC(=O)C(C)(O)C(F)(F)F)c2ccc3ncc(-c4cnn(C)c4)nc3c2)c1.COc1ccc(Cl)c(N(CCN)c2ccc3ncc(-c4cn[nH]c4)nc3c2)c1. The molecular formula is C77H74ClF3N18O9. The number of anilines is 6. The molecule has 0 saturated carbocycles. The molecule has 31 heteroatoms. The first kappa shape index (κ1) is 74.9. The number of fused-ring (bicyclic) bond motifs is 4. The van der Waals surface area contributed by atoms with Gasteiger partial charge in [-0.25, -0.2) is 15.0 Å². The van der Waals surface area contributed by atoms with Gasteiger partial charge in [-0.3, -0.25) is 48.7 Å². The van der Waals surface area contributed by atoms with Crippen molar-refractivity contribution < 1.29 is 56.3 Å². The molecule has 0 saturated heterocycles. The Morgan fingerprint density at radius 3 is 1.49 bits per heavy atom. The van der Waals surface area contributed by atoms with Gasteiger partial charge in [0.25, 0.3) is 17.7 Å². The highest BCUT2D eigenvalue weighted by molar-refractivity contribution is 6.33. The zero-order chi connectivity index (χ0) is 76.4. The molecule has 7 aromatic carbocycles. The molecule has 1 unspecified atom stereocenters. The number of ether oxygens (including phenoxy) is 5. The van der Waals surface area contributed by atoms with E-state index in [9.17, 15) is 32.7 Å². The molecular weight excluding hydrogens is 1410 g/mol. The van der Waals surface area contributed by atoms with Crippen molar-refractivity contribution in [1.82, 2.24) is 69.9 Å². The molecule has 27 nitrogen and oxygen atoms in total. The van der Waals surface area contributed by atoms with E-state index in [2.05, 4.69) is 45.6 Å². The van der Waals surface area contributed by atoms with Crippen molar-refractivity contribution in [3.63, 3.8) is 0 Å². The fourth-order valence-electron chi connectivity index (χ4n) is 11.8. The topological polar surface area (TPSA) is 310 Å². The van der Waals surface area contributed by atoms with Gasteiger partial charge in [0.1, 0.15) is 28.7 Å². The summed E-state index contributed by atoms with van der Waals surface area (Å²) in [6.45, 7) is 4.57. The maximum absolute atomic E-state index is 13.1. The van der Waals surface area contributed by atoms with Crippen LogP contribution in [-0.4, -0.2) is 174 Å². The second-order valence-corrected chi connectivity index (χ2v) is 25.0. The zero-order valence-electron chi connectivity index (χ0n) is 59.9. The average molecular weight is 1490 g/mol. The monoisotopic (exact) mass is 1490 g/mol. The van der Waals surface area contributed by atoms with Crippen molar-refractivity contribution in [2.75, 3.05) is 89.5 Å². The molecule has 108 heavy (non-hydrogen) atoms. The van der Waals surface area contributed by atoms with Gasteiger partial charge in [0.2, 0.25) is 5.60 Å². The Hall–Kier alpha value is -12.8. The standard InChI is InChI=1S/C31H28N6O4.C26H27F3N6O4.C20H19ClN6O/c1-4-35-19-20(17-33-35)29-18-32-27-10-9-21(15-28(27)34-29)36(22-13-23(40-2)16-24(14-22)41-3)11-12-37-30(38)25-7-5-6-8-26(25)31(37)39;1-25(37,26(27,28)29)24(36)30-7-8-35(18-9-19(38-3)12-20(10-18)39-4)17-5-6-21-22(11-17)33-23(14-31-21)16-13-32-34(2)15-16;1-28-15-3-4-16(21)20(9-15)27(7-6-22)14-2-5-17-18(8-14)26-19(12-23-17)13-10-24-25-11-13/h5-10,13-19H,4,11-12H2,1-3H3;5-6,9-15,37H,7-8H2,1-4H3,(H,30,36);2-5,8-12H,6-7,22H2,1H3,(H,24,25). The number of aromatic amines is 1. The van der Waals surface area contributed by atoms with Crippen molar-refractivity contribution >= 4 is 96.5 Å². The molecule has 0 spiro atoms. The van der Waals surface area contributed by atoms with Gasteiger partial charge < -0.3 is 54.5 Å². The number of amides is 3. The summed E-state index contributed by atoms with van der Waals surface area (Å²) in [5, 5.41) is 27.8. The van der Waals surface area contributed by atoms with Crippen LogP contribution in [0.25, 0.3) is 66.9 Å². The molecule has 14 rings (SSSR count). The maximum Gasteiger partial charge on any atom is 0.426 e. The fourth-order valence-corrected chi connectivity index (χ4v) is 12.0.